The first kappa shape index (κ1) is 28.0. The minimum atomic E-state index is -0.908. The number of hydrogen-bond donors (Lipinski definition) is 1. The van der Waals surface area contributed by atoms with E-state index < -0.39 is 17.8 Å². The van der Waals surface area contributed by atoms with Crippen LogP contribution in [0.3, 0.4) is 0 Å². The number of carbonyl (C=O) groups is 2. The fraction of sp³-hybridized carbons (Fsp3) is 0.310. The van der Waals surface area contributed by atoms with Crippen molar-refractivity contribution < 1.29 is 28.9 Å². The van der Waals surface area contributed by atoms with Crippen LogP contribution in [0.2, 0.25) is 5.02 Å². The number of ether oxygens (including phenoxy) is 3. The van der Waals surface area contributed by atoms with Crippen molar-refractivity contribution in [2.24, 2.45) is 0 Å². The number of esters is 1. The SMILES string of the molecule is CC(=O)Oc1ccc(Oc2ccc(CCN(C[C@@H](O)c3cccc(Cl)c3)C(=O)OC(C)(C)C)cc2)cc1. The Balaban J connectivity index is 1.63. The summed E-state index contributed by atoms with van der Waals surface area (Å²) < 4.78 is 16.4. The Morgan fingerprint density at radius 2 is 1.54 bits per heavy atom. The summed E-state index contributed by atoms with van der Waals surface area (Å²) in [5.74, 6) is 1.32. The molecule has 3 rings (SSSR count). The molecule has 0 saturated heterocycles. The number of halogens is 1. The third-order valence-electron chi connectivity index (χ3n) is 5.19. The van der Waals surface area contributed by atoms with Gasteiger partial charge in [-0.3, -0.25) is 4.79 Å². The van der Waals surface area contributed by atoms with E-state index in [9.17, 15) is 14.7 Å². The number of rotatable bonds is 9. The maximum absolute atomic E-state index is 12.9. The minimum Gasteiger partial charge on any atom is -0.457 e. The number of benzene rings is 3. The molecule has 1 atom stereocenters. The topological polar surface area (TPSA) is 85.3 Å². The van der Waals surface area contributed by atoms with Crippen molar-refractivity contribution in [1.82, 2.24) is 4.90 Å². The Morgan fingerprint density at radius 1 is 0.946 bits per heavy atom. The lowest BCUT2D eigenvalue weighted by Gasteiger charge is -2.29. The van der Waals surface area contributed by atoms with Crippen LogP contribution in [0.25, 0.3) is 0 Å². The van der Waals surface area contributed by atoms with Gasteiger partial charge in [-0.05, 0) is 86.8 Å². The largest absolute Gasteiger partial charge is 0.457 e. The molecular weight excluding hydrogens is 494 g/mol. The van der Waals surface area contributed by atoms with Crippen LogP contribution in [0.15, 0.2) is 72.8 Å². The van der Waals surface area contributed by atoms with E-state index in [1.807, 2.05) is 24.3 Å². The maximum atomic E-state index is 12.9. The Bertz CT molecular complexity index is 1190. The van der Waals surface area contributed by atoms with Crippen LogP contribution in [-0.4, -0.2) is 40.8 Å². The lowest BCUT2D eigenvalue weighted by Crippen LogP contribution is -2.40. The Labute approximate surface area is 222 Å². The predicted molar refractivity (Wildman–Crippen MR) is 142 cm³/mol. The van der Waals surface area contributed by atoms with Gasteiger partial charge in [-0.15, -0.1) is 0 Å². The van der Waals surface area contributed by atoms with Gasteiger partial charge in [-0.1, -0.05) is 35.9 Å². The standard InChI is InChI=1S/C29H32ClNO6/c1-20(32)35-24-12-14-26(15-13-24)36-25-10-8-21(9-11-25)16-17-31(28(34)37-29(2,3)4)19-27(33)22-6-5-7-23(30)18-22/h5-15,18,27,33H,16-17,19H2,1-4H3/t27-/m1/s1. The summed E-state index contributed by atoms with van der Waals surface area (Å²) in [6.45, 7) is 7.18. The number of hydrogen-bond acceptors (Lipinski definition) is 6. The maximum Gasteiger partial charge on any atom is 0.410 e. The highest BCUT2D eigenvalue weighted by molar-refractivity contribution is 6.30. The van der Waals surface area contributed by atoms with Gasteiger partial charge in [0.05, 0.1) is 12.6 Å². The molecule has 0 aliphatic heterocycles. The summed E-state index contributed by atoms with van der Waals surface area (Å²) in [5, 5.41) is 11.3. The van der Waals surface area contributed by atoms with Gasteiger partial charge >= 0.3 is 12.1 Å². The molecule has 196 valence electrons. The molecule has 0 aromatic heterocycles. The summed E-state index contributed by atoms with van der Waals surface area (Å²) in [5.41, 5.74) is 0.956. The molecule has 3 aromatic carbocycles. The molecule has 7 nitrogen and oxygen atoms in total. The lowest BCUT2D eigenvalue weighted by molar-refractivity contribution is -0.131. The quantitative estimate of drug-likeness (QED) is 0.251. The predicted octanol–water partition coefficient (Wildman–Crippen LogP) is 6.57. The van der Waals surface area contributed by atoms with Gasteiger partial charge in [0.25, 0.3) is 0 Å². The summed E-state index contributed by atoms with van der Waals surface area (Å²) in [6, 6.07) is 21.2. The van der Waals surface area contributed by atoms with Crippen LogP contribution in [0.4, 0.5) is 4.79 Å². The Morgan fingerprint density at radius 3 is 2.11 bits per heavy atom. The molecule has 8 heteroatoms. The number of nitrogens with zero attached hydrogens (tertiary/aromatic N) is 1. The zero-order chi connectivity index (χ0) is 27.0. The van der Waals surface area contributed by atoms with Crippen molar-refractivity contribution in [2.75, 3.05) is 13.1 Å². The van der Waals surface area contributed by atoms with Gasteiger partial charge in [-0.25, -0.2) is 4.79 Å². The first-order valence-electron chi connectivity index (χ1n) is 12.0. The van der Waals surface area contributed by atoms with Gasteiger partial charge in [0.1, 0.15) is 22.8 Å². The van der Waals surface area contributed by atoms with Gasteiger partial charge in [0, 0.05) is 18.5 Å². The van der Waals surface area contributed by atoms with E-state index in [2.05, 4.69) is 0 Å². The van der Waals surface area contributed by atoms with Crippen molar-refractivity contribution in [1.29, 1.82) is 0 Å². The third-order valence-corrected chi connectivity index (χ3v) is 5.43. The molecule has 0 aliphatic carbocycles. The highest BCUT2D eigenvalue weighted by Gasteiger charge is 2.24. The first-order chi connectivity index (χ1) is 17.5. The molecule has 3 aromatic rings. The van der Waals surface area contributed by atoms with E-state index in [1.165, 1.54) is 11.8 Å². The second-order valence-corrected chi connectivity index (χ2v) is 9.99. The van der Waals surface area contributed by atoms with Crippen molar-refractivity contribution in [3.05, 3.63) is 88.9 Å². The van der Waals surface area contributed by atoms with Crippen LogP contribution in [0.1, 0.15) is 44.9 Å². The minimum absolute atomic E-state index is 0.0692. The fourth-order valence-corrected chi connectivity index (χ4v) is 3.68. The van der Waals surface area contributed by atoms with E-state index >= 15 is 0 Å². The molecule has 0 spiro atoms. The van der Waals surface area contributed by atoms with Gasteiger partial charge in [0.2, 0.25) is 0 Å². The van der Waals surface area contributed by atoms with Crippen molar-refractivity contribution in [3.8, 4) is 17.2 Å². The average molecular weight is 526 g/mol. The highest BCUT2D eigenvalue weighted by atomic mass is 35.5. The van der Waals surface area contributed by atoms with Crippen molar-refractivity contribution in [3.63, 3.8) is 0 Å². The third kappa shape index (κ3) is 9.44. The smallest absolute Gasteiger partial charge is 0.410 e. The molecule has 0 saturated carbocycles. The molecular formula is C29H32ClNO6. The number of aliphatic hydroxyl groups is 1. The van der Waals surface area contributed by atoms with E-state index in [1.54, 1.807) is 69.3 Å². The Hall–Kier alpha value is -3.55. The second kappa shape index (κ2) is 12.6. The zero-order valence-corrected chi connectivity index (χ0v) is 22.2. The second-order valence-electron chi connectivity index (χ2n) is 9.56. The molecule has 37 heavy (non-hydrogen) atoms. The van der Waals surface area contributed by atoms with E-state index in [0.29, 0.717) is 40.8 Å². The van der Waals surface area contributed by atoms with E-state index in [-0.39, 0.29) is 12.5 Å². The molecule has 0 radical (unpaired) electrons. The monoisotopic (exact) mass is 525 g/mol. The summed E-state index contributed by atoms with van der Waals surface area (Å²) >= 11 is 6.06. The van der Waals surface area contributed by atoms with Crippen LogP contribution in [0, 0.1) is 0 Å². The average Bonchev–Trinajstić information content (AvgIpc) is 2.82. The van der Waals surface area contributed by atoms with E-state index in [4.69, 9.17) is 25.8 Å². The fourth-order valence-electron chi connectivity index (χ4n) is 3.48. The molecule has 0 heterocycles. The van der Waals surface area contributed by atoms with Crippen molar-refractivity contribution >= 4 is 23.7 Å². The number of amides is 1. The number of aliphatic hydroxyl groups excluding tert-OH is 1. The Kier molecular flexibility index (Phi) is 9.55. The molecule has 0 fully saturated rings. The zero-order valence-electron chi connectivity index (χ0n) is 21.4. The van der Waals surface area contributed by atoms with Crippen LogP contribution >= 0.6 is 11.6 Å². The molecule has 0 bridgehead atoms. The molecule has 0 aliphatic rings. The van der Waals surface area contributed by atoms with Crippen LogP contribution < -0.4 is 9.47 Å². The van der Waals surface area contributed by atoms with Gasteiger partial charge in [0.15, 0.2) is 0 Å². The molecule has 0 unspecified atom stereocenters. The van der Waals surface area contributed by atoms with Crippen molar-refractivity contribution in [2.45, 2.75) is 45.8 Å². The van der Waals surface area contributed by atoms with Gasteiger partial charge in [-0.2, -0.15) is 0 Å². The molecule has 1 amide bonds. The highest BCUT2D eigenvalue weighted by Crippen LogP contribution is 2.25. The van der Waals surface area contributed by atoms with Gasteiger partial charge < -0.3 is 24.2 Å². The summed E-state index contributed by atoms with van der Waals surface area (Å²) in [6.07, 6.45) is -0.848. The molecule has 1 N–H and O–H groups in total. The van der Waals surface area contributed by atoms with E-state index in [0.717, 1.165) is 5.56 Å². The summed E-state index contributed by atoms with van der Waals surface area (Å²) in [7, 11) is 0. The lowest BCUT2D eigenvalue weighted by atomic mass is 10.1. The normalized spacial score (nSPS) is 11.9. The summed E-state index contributed by atoms with van der Waals surface area (Å²) in [4.78, 5) is 25.4. The van der Waals surface area contributed by atoms with Crippen LogP contribution in [-0.2, 0) is 16.0 Å². The van der Waals surface area contributed by atoms with Crippen LogP contribution in [0.5, 0.6) is 17.2 Å². The number of carbonyl (C=O) groups excluding carboxylic acids is 2. The first-order valence-corrected chi connectivity index (χ1v) is 12.3.